The van der Waals surface area contributed by atoms with Gasteiger partial charge in [-0.15, -0.1) is 0 Å². The molecule has 0 atom stereocenters. The van der Waals surface area contributed by atoms with Gasteiger partial charge < -0.3 is 15.6 Å². The minimum Gasteiger partial charge on any atom is -0.358 e. The lowest BCUT2D eigenvalue weighted by atomic mass is 10.2. The van der Waals surface area contributed by atoms with Crippen molar-refractivity contribution in [2.45, 2.75) is 6.18 Å². The highest BCUT2D eigenvalue weighted by Gasteiger charge is 2.30. The molecule has 2 aromatic heterocycles. The summed E-state index contributed by atoms with van der Waals surface area (Å²) in [4.78, 5) is 18.8. The Morgan fingerprint density at radius 3 is 2.78 bits per heavy atom. The van der Waals surface area contributed by atoms with Crippen LogP contribution in [-0.4, -0.2) is 16.0 Å². The number of aromatic amines is 1. The van der Waals surface area contributed by atoms with E-state index in [1.807, 2.05) is 0 Å². The van der Waals surface area contributed by atoms with Gasteiger partial charge in [0.2, 0.25) is 0 Å². The number of alkyl halides is 3. The van der Waals surface area contributed by atoms with Crippen LogP contribution in [0.5, 0.6) is 0 Å². The van der Waals surface area contributed by atoms with Crippen LogP contribution in [0.1, 0.15) is 5.56 Å². The number of halogens is 3. The maximum Gasteiger partial charge on any atom is 0.416 e. The van der Waals surface area contributed by atoms with Crippen molar-refractivity contribution in [1.82, 2.24) is 9.97 Å². The highest BCUT2D eigenvalue weighted by atomic mass is 19.4. The molecule has 0 bridgehead atoms. The van der Waals surface area contributed by atoms with Crippen molar-refractivity contribution in [3.05, 3.63) is 54.5 Å². The standard InChI is InChI=1S/C15H11F3N4O/c16-15(17,18)9-2-1-3-10(6-9)21-14(23)22-13-8-20-12-7-19-5-4-11(12)13/h1-8,20H,(H2,21,22,23). The van der Waals surface area contributed by atoms with Crippen molar-refractivity contribution >= 4 is 28.3 Å². The summed E-state index contributed by atoms with van der Waals surface area (Å²) in [6.07, 6.45) is 0.299. The number of urea groups is 1. The number of anilines is 2. The van der Waals surface area contributed by atoms with Crippen LogP contribution in [0.25, 0.3) is 10.9 Å². The lowest BCUT2D eigenvalue weighted by Crippen LogP contribution is -2.19. The number of carbonyl (C=O) groups excluding carboxylic acids is 1. The van der Waals surface area contributed by atoms with Gasteiger partial charge in [-0.25, -0.2) is 4.79 Å². The van der Waals surface area contributed by atoms with Gasteiger partial charge in [-0.05, 0) is 24.3 Å². The Morgan fingerprint density at radius 1 is 1.17 bits per heavy atom. The van der Waals surface area contributed by atoms with Crippen LogP contribution in [0, 0.1) is 0 Å². The Labute approximate surface area is 128 Å². The third-order valence-corrected chi connectivity index (χ3v) is 3.18. The number of nitrogens with zero attached hydrogens (tertiary/aromatic N) is 1. The monoisotopic (exact) mass is 320 g/mol. The number of hydrogen-bond donors (Lipinski definition) is 3. The topological polar surface area (TPSA) is 69.8 Å². The van der Waals surface area contributed by atoms with E-state index in [0.717, 1.165) is 23.0 Å². The smallest absolute Gasteiger partial charge is 0.358 e. The molecule has 3 N–H and O–H groups in total. The van der Waals surface area contributed by atoms with Crippen LogP contribution in [-0.2, 0) is 6.18 Å². The average Bonchev–Trinajstić information content (AvgIpc) is 2.90. The van der Waals surface area contributed by atoms with Crippen LogP contribution in [0.4, 0.5) is 29.3 Å². The molecule has 3 aromatic rings. The summed E-state index contributed by atoms with van der Waals surface area (Å²) in [5, 5.41) is 5.71. The zero-order valence-electron chi connectivity index (χ0n) is 11.6. The molecule has 0 radical (unpaired) electrons. The fraction of sp³-hybridized carbons (Fsp3) is 0.0667. The molecule has 0 saturated carbocycles. The molecule has 0 fully saturated rings. The summed E-state index contributed by atoms with van der Waals surface area (Å²) in [6, 6.07) is 5.51. The molecular weight excluding hydrogens is 309 g/mol. The predicted molar refractivity (Wildman–Crippen MR) is 80.2 cm³/mol. The maximum atomic E-state index is 12.6. The predicted octanol–water partition coefficient (Wildman–Crippen LogP) is 4.23. The van der Waals surface area contributed by atoms with Gasteiger partial charge in [-0.3, -0.25) is 4.98 Å². The molecule has 3 rings (SSSR count). The number of nitrogens with one attached hydrogen (secondary N) is 3. The summed E-state index contributed by atoms with van der Waals surface area (Å²) >= 11 is 0. The molecule has 118 valence electrons. The average molecular weight is 320 g/mol. The number of rotatable bonds is 2. The molecule has 0 aliphatic rings. The molecule has 0 spiro atoms. The molecule has 2 heterocycles. The first-order valence-electron chi connectivity index (χ1n) is 6.60. The maximum absolute atomic E-state index is 12.6. The van der Waals surface area contributed by atoms with E-state index in [0.29, 0.717) is 5.69 Å². The van der Waals surface area contributed by atoms with Crippen molar-refractivity contribution in [3.63, 3.8) is 0 Å². The van der Waals surface area contributed by atoms with Gasteiger partial charge in [0, 0.05) is 23.5 Å². The fourth-order valence-corrected chi connectivity index (χ4v) is 2.13. The first kappa shape index (κ1) is 14.9. The fourth-order valence-electron chi connectivity index (χ4n) is 2.13. The number of H-pyrrole nitrogens is 1. The van der Waals surface area contributed by atoms with Crippen molar-refractivity contribution in [1.29, 1.82) is 0 Å². The molecule has 5 nitrogen and oxygen atoms in total. The summed E-state index contributed by atoms with van der Waals surface area (Å²) < 4.78 is 37.9. The van der Waals surface area contributed by atoms with Crippen LogP contribution in [0.3, 0.4) is 0 Å². The lowest BCUT2D eigenvalue weighted by molar-refractivity contribution is -0.137. The van der Waals surface area contributed by atoms with E-state index in [1.165, 1.54) is 12.1 Å². The van der Waals surface area contributed by atoms with Gasteiger partial charge in [0.05, 0.1) is 23.0 Å². The van der Waals surface area contributed by atoms with Crippen LogP contribution in [0.15, 0.2) is 48.9 Å². The molecule has 8 heteroatoms. The van der Waals surface area contributed by atoms with Crippen LogP contribution < -0.4 is 10.6 Å². The number of fused-ring (bicyclic) bond motifs is 1. The lowest BCUT2D eigenvalue weighted by Gasteiger charge is -2.10. The zero-order valence-corrected chi connectivity index (χ0v) is 11.6. The van der Waals surface area contributed by atoms with Crippen molar-refractivity contribution in [2.75, 3.05) is 10.6 Å². The van der Waals surface area contributed by atoms with E-state index in [4.69, 9.17) is 0 Å². The Kier molecular flexibility index (Phi) is 3.65. The number of pyridine rings is 1. The first-order chi connectivity index (χ1) is 10.9. The summed E-state index contributed by atoms with van der Waals surface area (Å²) in [5.41, 5.74) is 0.473. The zero-order chi connectivity index (χ0) is 16.4. The molecule has 0 aliphatic heterocycles. The van der Waals surface area contributed by atoms with Gasteiger partial charge in [-0.1, -0.05) is 6.07 Å². The normalized spacial score (nSPS) is 11.4. The van der Waals surface area contributed by atoms with Gasteiger partial charge >= 0.3 is 12.2 Å². The highest BCUT2D eigenvalue weighted by Crippen LogP contribution is 2.30. The number of aromatic nitrogens is 2. The van der Waals surface area contributed by atoms with Gasteiger partial charge in [0.1, 0.15) is 0 Å². The molecule has 2 amide bonds. The summed E-state index contributed by atoms with van der Waals surface area (Å²) in [5.74, 6) is 0. The third kappa shape index (κ3) is 3.25. The minimum absolute atomic E-state index is 0.0545. The van der Waals surface area contributed by atoms with E-state index in [1.54, 1.807) is 24.7 Å². The van der Waals surface area contributed by atoms with Crippen molar-refractivity contribution in [3.8, 4) is 0 Å². The van der Waals surface area contributed by atoms with E-state index in [9.17, 15) is 18.0 Å². The minimum atomic E-state index is -4.46. The largest absolute Gasteiger partial charge is 0.416 e. The quantitative estimate of drug-likeness (QED) is 0.661. The Hall–Kier alpha value is -3.03. The second kappa shape index (κ2) is 5.64. The van der Waals surface area contributed by atoms with Crippen molar-refractivity contribution < 1.29 is 18.0 Å². The molecule has 0 saturated heterocycles. The number of carbonyl (C=O) groups is 1. The second-order valence-electron chi connectivity index (χ2n) is 4.78. The van der Waals surface area contributed by atoms with Gasteiger partial charge in [0.25, 0.3) is 0 Å². The second-order valence-corrected chi connectivity index (χ2v) is 4.78. The number of amides is 2. The first-order valence-corrected chi connectivity index (χ1v) is 6.60. The molecular formula is C15H11F3N4O. The van der Waals surface area contributed by atoms with E-state index in [-0.39, 0.29) is 5.69 Å². The van der Waals surface area contributed by atoms with E-state index >= 15 is 0 Å². The molecule has 0 aliphatic carbocycles. The summed E-state index contributed by atoms with van der Waals surface area (Å²) in [6.45, 7) is 0. The van der Waals surface area contributed by atoms with Crippen molar-refractivity contribution in [2.24, 2.45) is 0 Å². The molecule has 23 heavy (non-hydrogen) atoms. The Bertz CT molecular complexity index is 857. The van der Waals surface area contributed by atoms with Crippen LogP contribution >= 0.6 is 0 Å². The van der Waals surface area contributed by atoms with Gasteiger partial charge in [-0.2, -0.15) is 13.2 Å². The van der Waals surface area contributed by atoms with Gasteiger partial charge in [0.15, 0.2) is 0 Å². The van der Waals surface area contributed by atoms with E-state index in [2.05, 4.69) is 20.6 Å². The van der Waals surface area contributed by atoms with Crippen LogP contribution in [0.2, 0.25) is 0 Å². The number of hydrogen-bond acceptors (Lipinski definition) is 2. The SMILES string of the molecule is O=C(Nc1cccc(C(F)(F)F)c1)Nc1c[nH]c2cnccc12. The number of benzene rings is 1. The molecule has 0 unspecified atom stereocenters. The third-order valence-electron chi connectivity index (χ3n) is 3.18. The highest BCUT2D eigenvalue weighted by molar-refractivity contribution is 6.05. The Balaban J connectivity index is 1.75. The van der Waals surface area contributed by atoms with E-state index < -0.39 is 17.8 Å². The molecule has 1 aromatic carbocycles. The Morgan fingerprint density at radius 2 is 2.00 bits per heavy atom. The summed E-state index contributed by atoms with van der Waals surface area (Å²) in [7, 11) is 0.